The zero-order valence-electron chi connectivity index (χ0n) is 19.8. The fourth-order valence-electron chi connectivity index (χ4n) is 4.55. The van der Waals surface area contributed by atoms with Gasteiger partial charge in [-0.1, -0.05) is 24.3 Å². The fraction of sp³-hybridized carbons (Fsp3) is 0.308. The number of rotatable bonds is 9. The van der Waals surface area contributed by atoms with Crippen molar-refractivity contribution in [2.45, 2.75) is 32.2 Å². The first-order chi connectivity index (χ1) is 17.3. The molecule has 2 aromatic carbocycles. The molecule has 2 heterocycles. The summed E-state index contributed by atoms with van der Waals surface area (Å²) >= 11 is 0. The average Bonchev–Trinajstić information content (AvgIpc) is 3.27. The van der Waals surface area contributed by atoms with E-state index in [1.165, 1.54) is 38.1 Å². The molecule has 36 heavy (non-hydrogen) atoms. The summed E-state index contributed by atoms with van der Waals surface area (Å²) in [6, 6.07) is 12.3. The summed E-state index contributed by atoms with van der Waals surface area (Å²) in [6.07, 6.45) is -0.500. The molecular weight excluding hydrogens is 468 g/mol. The maximum atomic E-state index is 13.3. The topological polar surface area (TPSA) is 127 Å². The van der Waals surface area contributed by atoms with E-state index < -0.39 is 47.5 Å². The van der Waals surface area contributed by atoms with Crippen LogP contribution in [0.3, 0.4) is 0 Å². The Hall–Kier alpha value is -4.34. The SMILES string of the molecule is CCOC(=O)C(CCCN1C(=O)c2ccccc2C1=O)(C(=O)OCC)N1C(=O)c2ccccc2C1=O. The molecule has 0 fully saturated rings. The van der Waals surface area contributed by atoms with Gasteiger partial charge in [0, 0.05) is 6.54 Å². The highest BCUT2D eigenvalue weighted by molar-refractivity contribution is 6.26. The van der Waals surface area contributed by atoms with E-state index in [1.54, 1.807) is 24.3 Å². The van der Waals surface area contributed by atoms with Crippen molar-refractivity contribution in [3.05, 3.63) is 70.8 Å². The smallest absolute Gasteiger partial charge is 0.344 e. The molecule has 4 rings (SSSR count). The van der Waals surface area contributed by atoms with Crippen molar-refractivity contribution in [3.63, 3.8) is 0 Å². The summed E-state index contributed by atoms with van der Waals surface area (Å²) in [5.41, 5.74) is -1.84. The molecule has 10 nitrogen and oxygen atoms in total. The third kappa shape index (κ3) is 3.74. The van der Waals surface area contributed by atoms with Crippen molar-refractivity contribution < 1.29 is 38.2 Å². The van der Waals surface area contributed by atoms with Crippen molar-refractivity contribution in [2.24, 2.45) is 0 Å². The van der Waals surface area contributed by atoms with Gasteiger partial charge in [-0.15, -0.1) is 0 Å². The van der Waals surface area contributed by atoms with Gasteiger partial charge in [-0.05, 0) is 51.0 Å². The van der Waals surface area contributed by atoms with Crippen molar-refractivity contribution in [3.8, 4) is 0 Å². The lowest BCUT2D eigenvalue weighted by Crippen LogP contribution is -2.63. The molecule has 0 atom stereocenters. The maximum Gasteiger partial charge on any atom is 0.344 e. The van der Waals surface area contributed by atoms with Gasteiger partial charge in [0.25, 0.3) is 23.6 Å². The second-order valence-corrected chi connectivity index (χ2v) is 8.20. The van der Waals surface area contributed by atoms with Crippen molar-refractivity contribution in [2.75, 3.05) is 19.8 Å². The molecule has 0 radical (unpaired) electrons. The van der Waals surface area contributed by atoms with E-state index in [1.807, 2.05) is 0 Å². The zero-order chi connectivity index (χ0) is 26.0. The fourth-order valence-corrected chi connectivity index (χ4v) is 4.55. The van der Waals surface area contributed by atoms with Crippen LogP contribution in [0.1, 0.15) is 68.1 Å². The first kappa shape index (κ1) is 24.8. The highest BCUT2D eigenvalue weighted by Gasteiger charge is 2.60. The molecular formula is C26H24N2O8. The Morgan fingerprint density at radius 2 is 1.08 bits per heavy atom. The van der Waals surface area contributed by atoms with Crippen molar-refractivity contribution >= 4 is 35.6 Å². The van der Waals surface area contributed by atoms with Crippen LogP contribution in [0.4, 0.5) is 0 Å². The number of imide groups is 2. The van der Waals surface area contributed by atoms with E-state index in [0.717, 1.165) is 4.90 Å². The molecule has 0 unspecified atom stereocenters. The van der Waals surface area contributed by atoms with Crippen LogP contribution in [0, 0.1) is 0 Å². The standard InChI is InChI=1S/C26H24N2O8/c1-3-35-24(33)26(25(34)36-4-2,28-22(31)18-12-7-8-13-19(18)23(28)32)14-9-15-27-20(29)16-10-5-6-11-17(16)21(27)30/h5-8,10-13H,3-4,9,14-15H2,1-2H3. The molecule has 4 amide bonds. The quantitative estimate of drug-likeness (QED) is 0.296. The summed E-state index contributed by atoms with van der Waals surface area (Å²) < 4.78 is 10.3. The number of esters is 2. The van der Waals surface area contributed by atoms with E-state index >= 15 is 0 Å². The largest absolute Gasteiger partial charge is 0.464 e. The van der Waals surface area contributed by atoms with Crippen LogP contribution in [0.5, 0.6) is 0 Å². The van der Waals surface area contributed by atoms with Gasteiger partial charge >= 0.3 is 11.9 Å². The Bertz CT molecular complexity index is 1200. The van der Waals surface area contributed by atoms with Crippen molar-refractivity contribution in [1.82, 2.24) is 9.80 Å². The van der Waals surface area contributed by atoms with Crippen LogP contribution in [0.15, 0.2) is 48.5 Å². The van der Waals surface area contributed by atoms with Gasteiger partial charge in [0.2, 0.25) is 5.54 Å². The summed E-state index contributed by atoms with van der Waals surface area (Å²) in [6.45, 7) is 2.64. The Morgan fingerprint density at radius 1 is 0.694 bits per heavy atom. The molecule has 0 N–H and O–H groups in total. The molecule has 0 saturated carbocycles. The minimum Gasteiger partial charge on any atom is -0.464 e. The normalized spacial score (nSPS) is 14.7. The van der Waals surface area contributed by atoms with E-state index in [0.29, 0.717) is 4.90 Å². The van der Waals surface area contributed by atoms with Gasteiger partial charge in [0.05, 0.1) is 35.5 Å². The summed E-state index contributed by atoms with van der Waals surface area (Å²) in [7, 11) is 0. The number of carbonyl (C=O) groups excluding carboxylic acids is 6. The van der Waals surface area contributed by atoms with Crippen LogP contribution in [0.25, 0.3) is 0 Å². The van der Waals surface area contributed by atoms with Crippen LogP contribution in [0.2, 0.25) is 0 Å². The first-order valence-corrected chi connectivity index (χ1v) is 11.6. The number of ether oxygens (including phenoxy) is 2. The Balaban J connectivity index is 1.69. The lowest BCUT2D eigenvalue weighted by Gasteiger charge is -2.36. The molecule has 186 valence electrons. The molecule has 0 saturated heterocycles. The molecule has 0 bridgehead atoms. The zero-order valence-corrected chi connectivity index (χ0v) is 19.8. The molecule has 0 aliphatic carbocycles. The molecule has 0 aromatic heterocycles. The van der Waals surface area contributed by atoms with Gasteiger partial charge in [0.1, 0.15) is 0 Å². The second kappa shape index (κ2) is 9.73. The lowest BCUT2D eigenvalue weighted by molar-refractivity contribution is -0.171. The number of amides is 4. The van der Waals surface area contributed by atoms with Gasteiger partial charge < -0.3 is 9.47 Å². The Kier molecular flexibility index (Phi) is 6.69. The van der Waals surface area contributed by atoms with Crippen LogP contribution in [-0.2, 0) is 19.1 Å². The van der Waals surface area contributed by atoms with Crippen molar-refractivity contribution in [1.29, 1.82) is 0 Å². The van der Waals surface area contributed by atoms with E-state index in [4.69, 9.17) is 9.47 Å². The summed E-state index contributed by atoms with van der Waals surface area (Å²) in [4.78, 5) is 80.4. The third-order valence-electron chi connectivity index (χ3n) is 6.20. The summed E-state index contributed by atoms with van der Waals surface area (Å²) in [5.74, 6) is -4.93. The highest BCUT2D eigenvalue weighted by Crippen LogP contribution is 2.35. The molecule has 10 heteroatoms. The van der Waals surface area contributed by atoms with E-state index in [-0.39, 0.29) is 48.4 Å². The summed E-state index contributed by atoms with van der Waals surface area (Å²) in [5, 5.41) is 0. The molecule has 2 aromatic rings. The van der Waals surface area contributed by atoms with Gasteiger partial charge in [-0.3, -0.25) is 24.1 Å². The first-order valence-electron chi connectivity index (χ1n) is 11.6. The van der Waals surface area contributed by atoms with E-state index in [9.17, 15) is 28.8 Å². The Morgan fingerprint density at radius 3 is 1.47 bits per heavy atom. The molecule has 2 aliphatic heterocycles. The number of hydrogen-bond donors (Lipinski definition) is 0. The predicted molar refractivity (Wildman–Crippen MR) is 124 cm³/mol. The number of fused-ring (bicyclic) bond motifs is 2. The van der Waals surface area contributed by atoms with Gasteiger partial charge in [0.15, 0.2) is 0 Å². The van der Waals surface area contributed by atoms with Gasteiger partial charge in [-0.25, -0.2) is 14.5 Å². The molecule has 0 spiro atoms. The predicted octanol–water partition coefficient (Wildman–Crippen LogP) is 2.22. The minimum atomic E-state index is -2.43. The molecule has 2 aliphatic rings. The average molecular weight is 492 g/mol. The highest BCUT2D eigenvalue weighted by atomic mass is 16.6. The monoisotopic (exact) mass is 492 g/mol. The number of carbonyl (C=O) groups is 6. The Labute approximate surface area is 206 Å². The lowest BCUT2D eigenvalue weighted by atomic mass is 9.90. The maximum absolute atomic E-state index is 13.3. The number of hydrogen-bond acceptors (Lipinski definition) is 8. The van der Waals surface area contributed by atoms with Gasteiger partial charge in [-0.2, -0.15) is 0 Å². The number of benzene rings is 2. The second-order valence-electron chi connectivity index (χ2n) is 8.20. The van der Waals surface area contributed by atoms with E-state index in [2.05, 4.69) is 0 Å². The third-order valence-corrected chi connectivity index (χ3v) is 6.20. The van der Waals surface area contributed by atoms with Crippen LogP contribution >= 0.6 is 0 Å². The number of nitrogens with zero attached hydrogens (tertiary/aromatic N) is 2. The van der Waals surface area contributed by atoms with Crippen LogP contribution in [-0.4, -0.2) is 70.7 Å². The minimum absolute atomic E-state index is 0.0424. The van der Waals surface area contributed by atoms with Crippen LogP contribution < -0.4 is 0 Å².